The van der Waals surface area contributed by atoms with Crippen LogP contribution < -0.4 is 0 Å². The SMILES string of the molecule is Oc1c(Cl)cc(-c2cc(-c3cc(Cl)c(O)c(Cl)c3)[nH]n2)cc1Cl. The Kier molecular flexibility index (Phi) is 4.34. The number of hydrogen-bond donors (Lipinski definition) is 3. The molecule has 0 aliphatic carbocycles. The third kappa shape index (κ3) is 3.08. The van der Waals surface area contributed by atoms with Crippen molar-refractivity contribution in [1.82, 2.24) is 10.2 Å². The zero-order valence-corrected chi connectivity index (χ0v) is 14.3. The van der Waals surface area contributed by atoms with Gasteiger partial charge < -0.3 is 10.2 Å². The molecule has 0 unspecified atom stereocenters. The molecule has 0 fully saturated rings. The topological polar surface area (TPSA) is 69.1 Å². The molecular weight excluding hydrogens is 382 g/mol. The van der Waals surface area contributed by atoms with Crippen LogP contribution in [0.25, 0.3) is 22.5 Å². The normalized spacial score (nSPS) is 11.0. The van der Waals surface area contributed by atoms with Gasteiger partial charge in [-0.3, -0.25) is 5.10 Å². The maximum Gasteiger partial charge on any atom is 0.152 e. The Balaban J connectivity index is 2.04. The Labute approximate surface area is 151 Å². The van der Waals surface area contributed by atoms with E-state index in [-0.39, 0.29) is 31.6 Å². The number of H-pyrrole nitrogens is 1. The Bertz CT molecular complexity index is 790. The van der Waals surface area contributed by atoms with Crippen LogP contribution in [0, 0.1) is 0 Å². The lowest BCUT2D eigenvalue weighted by atomic mass is 10.1. The molecule has 0 amide bonds. The van der Waals surface area contributed by atoms with Crippen LogP contribution in [0.5, 0.6) is 11.5 Å². The summed E-state index contributed by atoms with van der Waals surface area (Å²) in [5, 5.41) is 26.8. The summed E-state index contributed by atoms with van der Waals surface area (Å²) in [4.78, 5) is 0. The van der Waals surface area contributed by atoms with E-state index in [1.54, 1.807) is 30.3 Å². The molecule has 1 heterocycles. The van der Waals surface area contributed by atoms with Crippen LogP contribution in [-0.4, -0.2) is 20.4 Å². The lowest BCUT2D eigenvalue weighted by Crippen LogP contribution is -1.80. The summed E-state index contributed by atoms with van der Waals surface area (Å²) in [6, 6.07) is 7.99. The Morgan fingerprint density at radius 2 is 1.13 bits per heavy atom. The quantitative estimate of drug-likeness (QED) is 0.521. The number of aromatic hydroxyl groups is 2. The van der Waals surface area contributed by atoms with Crippen LogP contribution >= 0.6 is 46.4 Å². The van der Waals surface area contributed by atoms with Gasteiger partial charge in [0.15, 0.2) is 11.5 Å². The summed E-state index contributed by atoms with van der Waals surface area (Å²) < 4.78 is 0. The fourth-order valence-electron chi connectivity index (χ4n) is 2.05. The number of phenols is 2. The van der Waals surface area contributed by atoms with Crippen molar-refractivity contribution in [2.75, 3.05) is 0 Å². The molecule has 2 aromatic carbocycles. The molecule has 0 bridgehead atoms. The van der Waals surface area contributed by atoms with Gasteiger partial charge in [-0.15, -0.1) is 0 Å². The van der Waals surface area contributed by atoms with Crippen LogP contribution in [0.1, 0.15) is 0 Å². The minimum Gasteiger partial charge on any atom is -0.505 e. The molecule has 0 spiro atoms. The number of aromatic amines is 1. The van der Waals surface area contributed by atoms with Gasteiger partial charge in [0.1, 0.15) is 0 Å². The van der Waals surface area contributed by atoms with Crippen molar-refractivity contribution >= 4 is 46.4 Å². The van der Waals surface area contributed by atoms with Crippen LogP contribution in [-0.2, 0) is 0 Å². The summed E-state index contributed by atoms with van der Waals surface area (Å²) in [5.41, 5.74) is 2.51. The molecule has 3 rings (SSSR count). The van der Waals surface area contributed by atoms with E-state index in [1.165, 1.54) is 0 Å². The first-order valence-electron chi connectivity index (χ1n) is 6.29. The average Bonchev–Trinajstić information content (AvgIpc) is 2.99. The van der Waals surface area contributed by atoms with Crippen LogP contribution in [0.15, 0.2) is 30.3 Å². The smallest absolute Gasteiger partial charge is 0.152 e. The van der Waals surface area contributed by atoms with Crippen molar-refractivity contribution in [1.29, 1.82) is 0 Å². The van der Waals surface area contributed by atoms with Gasteiger partial charge in [0.2, 0.25) is 0 Å². The molecule has 0 radical (unpaired) electrons. The van der Waals surface area contributed by atoms with E-state index in [0.29, 0.717) is 22.5 Å². The minimum atomic E-state index is -0.176. The molecule has 1 aromatic heterocycles. The first-order valence-corrected chi connectivity index (χ1v) is 7.80. The summed E-state index contributed by atoms with van der Waals surface area (Å²) in [6.45, 7) is 0. The number of nitrogens with one attached hydrogen (secondary N) is 1. The lowest BCUT2D eigenvalue weighted by molar-refractivity contribution is 0.475. The van der Waals surface area contributed by atoms with Gasteiger partial charge >= 0.3 is 0 Å². The molecule has 3 N–H and O–H groups in total. The highest BCUT2D eigenvalue weighted by atomic mass is 35.5. The number of phenolic OH excluding ortho intramolecular Hbond substituents is 2. The van der Waals surface area contributed by atoms with Crippen molar-refractivity contribution in [2.24, 2.45) is 0 Å². The molecule has 0 saturated carbocycles. The average molecular weight is 390 g/mol. The number of halogens is 4. The third-order valence-electron chi connectivity index (χ3n) is 3.22. The van der Waals surface area contributed by atoms with Gasteiger partial charge in [0, 0.05) is 11.1 Å². The predicted molar refractivity (Wildman–Crippen MR) is 92.8 cm³/mol. The van der Waals surface area contributed by atoms with Crippen LogP contribution in [0.3, 0.4) is 0 Å². The fraction of sp³-hybridized carbons (Fsp3) is 0. The summed E-state index contributed by atoms with van der Waals surface area (Å²) >= 11 is 23.7. The number of aromatic nitrogens is 2. The van der Waals surface area contributed by atoms with Crippen molar-refractivity contribution in [3.63, 3.8) is 0 Å². The second kappa shape index (κ2) is 6.13. The molecule has 0 saturated heterocycles. The maximum atomic E-state index is 9.61. The first-order chi connectivity index (χ1) is 10.9. The maximum absolute atomic E-state index is 9.61. The zero-order chi connectivity index (χ0) is 16.7. The summed E-state index contributed by atoms with van der Waals surface area (Å²) in [6.07, 6.45) is 0. The number of hydrogen-bond acceptors (Lipinski definition) is 3. The van der Waals surface area contributed by atoms with Crippen LogP contribution in [0.2, 0.25) is 20.1 Å². The monoisotopic (exact) mass is 388 g/mol. The summed E-state index contributed by atoms with van der Waals surface area (Å²) in [5.74, 6) is -0.348. The van der Waals surface area contributed by atoms with E-state index in [9.17, 15) is 10.2 Å². The van der Waals surface area contributed by atoms with Gasteiger partial charge in [0.25, 0.3) is 0 Å². The van der Waals surface area contributed by atoms with Gasteiger partial charge in [-0.1, -0.05) is 46.4 Å². The number of nitrogens with zero attached hydrogens (tertiary/aromatic N) is 1. The second-order valence-corrected chi connectivity index (χ2v) is 6.37. The molecule has 118 valence electrons. The standard InChI is InChI=1S/C15H8Cl4N2O2/c16-8-1-6(2-9(17)14(8)22)12-5-13(21-20-12)7-3-10(18)15(23)11(19)4-7/h1-5,22-23H,(H,20,21). The van der Waals surface area contributed by atoms with Crippen LogP contribution in [0.4, 0.5) is 0 Å². The van der Waals surface area contributed by atoms with Crippen molar-refractivity contribution in [3.05, 3.63) is 50.4 Å². The zero-order valence-electron chi connectivity index (χ0n) is 11.2. The second-order valence-electron chi connectivity index (χ2n) is 4.74. The fourth-order valence-corrected chi connectivity index (χ4v) is 3.03. The first kappa shape index (κ1) is 16.3. The number of rotatable bonds is 2. The molecule has 8 heteroatoms. The van der Waals surface area contributed by atoms with Gasteiger partial charge in [-0.05, 0) is 30.3 Å². The Hall–Kier alpha value is -1.59. The van der Waals surface area contributed by atoms with E-state index in [2.05, 4.69) is 10.2 Å². The van der Waals surface area contributed by atoms with E-state index < -0.39 is 0 Å². The van der Waals surface area contributed by atoms with Gasteiger partial charge in [0.05, 0.1) is 31.5 Å². The van der Waals surface area contributed by atoms with E-state index in [1.807, 2.05) is 0 Å². The number of benzene rings is 2. The van der Waals surface area contributed by atoms with E-state index in [0.717, 1.165) is 0 Å². The molecule has 3 aromatic rings. The highest BCUT2D eigenvalue weighted by molar-refractivity contribution is 6.38. The molecule has 0 aliphatic heterocycles. The van der Waals surface area contributed by atoms with E-state index in [4.69, 9.17) is 46.4 Å². The van der Waals surface area contributed by atoms with Gasteiger partial charge in [-0.2, -0.15) is 5.10 Å². The minimum absolute atomic E-state index is 0.132. The predicted octanol–water partition coefficient (Wildman–Crippen LogP) is 5.77. The molecule has 4 nitrogen and oxygen atoms in total. The summed E-state index contributed by atoms with van der Waals surface area (Å²) in [7, 11) is 0. The third-order valence-corrected chi connectivity index (χ3v) is 4.37. The lowest BCUT2D eigenvalue weighted by Gasteiger charge is -2.03. The molecule has 23 heavy (non-hydrogen) atoms. The van der Waals surface area contributed by atoms with Crippen molar-refractivity contribution in [2.45, 2.75) is 0 Å². The highest BCUT2D eigenvalue weighted by Gasteiger charge is 2.13. The molecular formula is C15H8Cl4N2O2. The molecule has 0 atom stereocenters. The highest BCUT2D eigenvalue weighted by Crippen LogP contribution is 2.38. The Morgan fingerprint density at radius 1 is 0.696 bits per heavy atom. The van der Waals surface area contributed by atoms with Crippen molar-refractivity contribution < 1.29 is 10.2 Å². The van der Waals surface area contributed by atoms with Crippen molar-refractivity contribution in [3.8, 4) is 34.0 Å². The molecule has 0 aliphatic rings. The Morgan fingerprint density at radius 3 is 1.61 bits per heavy atom. The van der Waals surface area contributed by atoms with E-state index >= 15 is 0 Å². The van der Waals surface area contributed by atoms with Gasteiger partial charge in [-0.25, -0.2) is 0 Å². The largest absolute Gasteiger partial charge is 0.505 e.